The molecule has 5 heteroatoms. The van der Waals surface area contributed by atoms with E-state index in [1.165, 1.54) is 0 Å². The van der Waals surface area contributed by atoms with E-state index in [0.717, 1.165) is 32.4 Å². The molecule has 0 aromatic rings. The minimum absolute atomic E-state index is 0.258. The summed E-state index contributed by atoms with van der Waals surface area (Å²) >= 11 is 0. The molecule has 1 heterocycles. The molecule has 1 atom stereocenters. The minimum atomic E-state index is -1.01. The number of aliphatic carboxylic acids is 1. The van der Waals surface area contributed by atoms with Gasteiger partial charge in [-0.1, -0.05) is 6.92 Å². The molecule has 0 bridgehead atoms. The van der Waals surface area contributed by atoms with Gasteiger partial charge in [0.05, 0.1) is 0 Å². The second-order valence-electron chi connectivity index (χ2n) is 4.08. The smallest absolute Gasteiger partial charge is 0.323 e. The Kier molecular flexibility index (Phi) is 4.39. The molecule has 0 aromatic heterocycles. The van der Waals surface area contributed by atoms with Crippen molar-refractivity contribution in [2.24, 2.45) is 5.92 Å². The van der Waals surface area contributed by atoms with Gasteiger partial charge in [-0.2, -0.15) is 0 Å². The van der Waals surface area contributed by atoms with Gasteiger partial charge in [0.1, 0.15) is 6.54 Å². The summed E-state index contributed by atoms with van der Waals surface area (Å²) in [7, 11) is 0. The molecule has 86 valence electrons. The number of hydrogen-bond donors (Lipinski definition) is 2. The van der Waals surface area contributed by atoms with Crippen molar-refractivity contribution in [2.75, 3.05) is 19.6 Å². The van der Waals surface area contributed by atoms with Gasteiger partial charge in [-0.15, -0.1) is 0 Å². The predicted molar refractivity (Wildman–Crippen MR) is 55.6 cm³/mol. The number of carbonyl (C=O) groups excluding carboxylic acids is 1. The van der Waals surface area contributed by atoms with E-state index >= 15 is 0 Å². The number of rotatable bonds is 2. The number of carboxylic acids is 1. The van der Waals surface area contributed by atoms with E-state index in [-0.39, 0.29) is 12.6 Å². The van der Waals surface area contributed by atoms with Crippen molar-refractivity contribution in [1.29, 1.82) is 0 Å². The highest BCUT2D eigenvalue weighted by Crippen LogP contribution is 2.16. The molecule has 1 aliphatic heterocycles. The van der Waals surface area contributed by atoms with Crippen LogP contribution in [0.4, 0.5) is 4.79 Å². The Bertz CT molecular complexity index is 243. The average molecular weight is 214 g/mol. The molecule has 2 N–H and O–H groups in total. The van der Waals surface area contributed by atoms with Crippen LogP contribution in [0.15, 0.2) is 0 Å². The Balaban J connectivity index is 2.34. The Labute approximate surface area is 89.4 Å². The quantitative estimate of drug-likeness (QED) is 0.717. The lowest BCUT2D eigenvalue weighted by molar-refractivity contribution is -0.135. The summed E-state index contributed by atoms with van der Waals surface area (Å²) in [5.41, 5.74) is 0. The van der Waals surface area contributed by atoms with Crippen LogP contribution in [0, 0.1) is 5.92 Å². The Morgan fingerprint density at radius 3 is 2.80 bits per heavy atom. The average Bonchev–Trinajstić information content (AvgIpc) is 2.39. The van der Waals surface area contributed by atoms with Crippen LogP contribution >= 0.6 is 0 Å². The fourth-order valence-electron chi connectivity index (χ4n) is 1.73. The lowest BCUT2D eigenvalue weighted by Crippen LogP contribution is -2.42. The summed E-state index contributed by atoms with van der Waals surface area (Å²) in [5.74, 6) is -0.353. The number of urea groups is 1. The summed E-state index contributed by atoms with van der Waals surface area (Å²) in [5, 5.41) is 10.8. The Hall–Kier alpha value is -1.26. The molecule has 2 amide bonds. The largest absolute Gasteiger partial charge is 0.480 e. The van der Waals surface area contributed by atoms with E-state index in [1.54, 1.807) is 4.90 Å². The zero-order chi connectivity index (χ0) is 11.3. The van der Waals surface area contributed by atoms with Crippen molar-refractivity contribution in [3.05, 3.63) is 0 Å². The van der Waals surface area contributed by atoms with Crippen molar-refractivity contribution < 1.29 is 14.7 Å². The molecular weight excluding hydrogens is 196 g/mol. The minimum Gasteiger partial charge on any atom is -0.480 e. The van der Waals surface area contributed by atoms with Crippen LogP contribution in [0.1, 0.15) is 26.2 Å². The molecule has 0 spiro atoms. The standard InChI is InChI=1S/C10H18N2O3/c1-8-3-2-5-12(6-4-8)10(15)11-7-9(13)14/h8H,2-7H2,1H3,(H,11,15)(H,13,14). The van der Waals surface area contributed by atoms with Crippen LogP contribution in [0.5, 0.6) is 0 Å². The summed E-state index contributed by atoms with van der Waals surface area (Å²) < 4.78 is 0. The van der Waals surface area contributed by atoms with Crippen molar-refractivity contribution >= 4 is 12.0 Å². The third-order valence-electron chi connectivity index (χ3n) is 2.69. The number of amides is 2. The molecule has 1 aliphatic rings. The van der Waals surface area contributed by atoms with Gasteiger partial charge in [0, 0.05) is 13.1 Å². The molecule has 1 saturated heterocycles. The Morgan fingerprint density at radius 2 is 2.13 bits per heavy atom. The second-order valence-corrected chi connectivity index (χ2v) is 4.08. The number of hydrogen-bond acceptors (Lipinski definition) is 2. The first-order chi connectivity index (χ1) is 7.09. The first-order valence-electron chi connectivity index (χ1n) is 5.34. The molecule has 0 aliphatic carbocycles. The van der Waals surface area contributed by atoms with E-state index in [9.17, 15) is 9.59 Å². The topological polar surface area (TPSA) is 69.6 Å². The highest BCUT2D eigenvalue weighted by Gasteiger charge is 2.18. The van der Waals surface area contributed by atoms with E-state index in [4.69, 9.17) is 5.11 Å². The summed E-state index contributed by atoms with van der Waals surface area (Å²) in [6.45, 7) is 3.34. The SMILES string of the molecule is CC1CCCN(C(=O)NCC(=O)O)CC1. The van der Waals surface area contributed by atoms with Crippen LogP contribution in [-0.2, 0) is 4.79 Å². The van der Waals surface area contributed by atoms with Gasteiger partial charge >= 0.3 is 12.0 Å². The van der Waals surface area contributed by atoms with Gasteiger partial charge in [0.25, 0.3) is 0 Å². The number of carboxylic acid groups (broad SMARTS) is 1. The molecule has 5 nitrogen and oxygen atoms in total. The third-order valence-corrected chi connectivity index (χ3v) is 2.69. The van der Waals surface area contributed by atoms with E-state index in [1.807, 2.05) is 0 Å². The fourth-order valence-corrected chi connectivity index (χ4v) is 1.73. The molecule has 0 radical (unpaired) electrons. The molecule has 0 saturated carbocycles. The first-order valence-corrected chi connectivity index (χ1v) is 5.34. The van der Waals surface area contributed by atoms with Crippen molar-refractivity contribution in [2.45, 2.75) is 26.2 Å². The first kappa shape index (κ1) is 11.8. The molecule has 0 aromatic carbocycles. The summed E-state index contributed by atoms with van der Waals surface area (Å²) in [6.07, 6.45) is 3.14. The molecule has 1 unspecified atom stereocenters. The molecule has 15 heavy (non-hydrogen) atoms. The fraction of sp³-hybridized carbons (Fsp3) is 0.800. The van der Waals surface area contributed by atoms with E-state index in [0.29, 0.717) is 5.92 Å². The van der Waals surface area contributed by atoms with Crippen molar-refractivity contribution in [3.63, 3.8) is 0 Å². The maximum absolute atomic E-state index is 11.5. The maximum Gasteiger partial charge on any atom is 0.323 e. The van der Waals surface area contributed by atoms with Crippen LogP contribution < -0.4 is 5.32 Å². The van der Waals surface area contributed by atoms with Gasteiger partial charge in [0.2, 0.25) is 0 Å². The lowest BCUT2D eigenvalue weighted by atomic mass is 10.0. The number of nitrogens with one attached hydrogen (secondary N) is 1. The Morgan fingerprint density at radius 1 is 1.40 bits per heavy atom. The lowest BCUT2D eigenvalue weighted by Gasteiger charge is -2.20. The van der Waals surface area contributed by atoms with Crippen molar-refractivity contribution in [3.8, 4) is 0 Å². The summed E-state index contributed by atoms with van der Waals surface area (Å²) in [6, 6.07) is -0.258. The second kappa shape index (κ2) is 5.58. The van der Waals surface area contributed by atoms with Gasteiger partial charge in [-0.05, 0) is 25.2 Å². The monoisotopic (exact) mass is 214 g/mol. The molecule has 1 fully saturated rings. The number of nitrogens with zero attached hydrogens (tertiary/aromatic N) is 1. The van der Waals surface area contributed by atoms with Gasteiger partial charge in [-0.25, -0.2) is 4.79 Å². The number of carbonyl (C=O) groups is 2. The zero-order valence-corrected chi connectivity index (χ0v) is 9.03. The highest BCUT2D eigenvalue weighted by atomic mass is 16.4. The van der Waals surface area contributed by atoms with Crippen molar-refractivity contribution in [1.82, 2.24) is 10.2 Å². The van der Waals surface area contributed by atoms with Gasteiger partial charge in [0.15, 0.2) is 0 Å². The zero-order valence-electron chi connectivity index (χ0n) is 9.03. The van der Waals surface area contributed by atoms with Gasteiger partial charge in [-0.3, -0.25) is 4.79 Å². The van der Waals surface area contributed by atoms with Gasteiger partial charge < -0.3 is 15.3 Å². The third kappa shape index (κ3) is 4.18. The number of likely N-dealkylation sites (tertiary alicyclic amines) is 1. The van der Waals surface area contributed by atoms with E-state index < -0.39 is 5.97 Å². The summed E-state index contributed by atoms with van der Waals surface area (Å²) in [4.78, 5) is 23.5. The maximum atomic E-state index is 11.5. The van der Waals surface area contributed by atoms with Crippen LogP contribution in [-0.4, -0.2) is 41.6 Å². The van der Waals surface area contributed by atoms with E-state index in [2.05, 4.69) is 12.2 Å². The molecule has 1 rings (SSSR count). The van der Waals surface area contributed by atoms with Crippen LogP contribution in [0.25, 0.3) is 0 Å². The predicted octanol–water partition coefficient (Wildman–Crippen LogP) is 0.903. The van der Waals surface area contributed by atoms with Crippen LogP contribution in [0.3, 0.4) is 0 Å². The molecular formula is C10H18N2O3. The van der Waals surface area contributed by atoms with Crippen LogP contribution in [0.2, 0.25) is 0 Å². The normalized spacial score (nSPS) is 21.9. The highest BCUT2D eigenvalue weighted by molar-refractivity contribution is 5.79.